The van der Waals surface area contributed by atoms with E-state index < -0.39 is 0 Å². The number of urea groups is 1. The van der Waals surface area contributed by atoms with Crippen molar-refractivity contribution in [3.05, 3.63) is 0 Å². The first-order valence-electron chi connectivity index (χ1n) is 4.01. The number of nitrogens with one attached hydrogen (secondary N) is 2. The molecule has 1 rings (SSSR count). The molecule has 0 saturated heterocycles. The van der Waals surface area contributed by atoms with Gasteiger partial charge in [0.05, 0.1) is 0 Å². The molecule has 4 heteroatoms. The number of hydrazine groups is 1. The quantitative estimate of drug-likeness (QED) is 0.307. The first kappa shape index (κ1) is 8.33. The molecular weight excluding hydrogens is 142 g/mol. The van der Waals surface area contributed by atoms with Gasteiger partial charge in [0.1, 0.15) is 0 Å². The maximum atomic E-state index is 10.7. The molecule has 11 heavy (non-hydrogen) atoms. The minimum absolute atomic E-state index is 0.257. The van der Waals surface area contributed by atoms with Gasteiger partial charge in [0.15, 0.2) is 0 Å². The summed E-state index contributed by atoms with van der Waals surface area (Å²) in [4.78, 5) is 10.7. The number of carbonyl (C=O) groups is 1. The standard InChI is InChI=1S/C7H15N3O/c1-5(6-3-2-4-6)9-7(11)10-8/h5-6H,2-4,8H2,1H3,(H2,9,10,11). The van der Waals surface area contributed by atoms with Crippen LogP contribution in [0, 0.1) is 5.92 Å². The highest BCUT2D eigenvalue weighted by molar-refractivity contribution is 5.73. The van der Waals surface area contributed by atoms with E-state index in [9.17, 15) is 4.79 Å². The molecule has 0 aliphatic heterocycles. The van der Waals surface area contributed by atoms with E-state index >= 15 is 0 Å². The molecule has 0 aromatic rings. The normalized spacial score (nSPS) is 20.2. The van der Waals surface area contributed by atoms with Gasteiger partial charge in [-0.2, -0.15) is 0 Å². The fourth-order valence-electron chi connectivity index (χ4n) is 1.31. The summed E-state index contributed by atoms with van der Waals surface area (Å²) < 4.78 is 0. The zero-order chi connectivity index (χ0) is 8.27. The Balaban J connectivity index is 2.19. The zero-order valence-electron chi connectivity index (χ0n) is 6.76. The van der Waals surface area contributed by atoms with Crippen molar-refractivity contribution < 1.29 is 4.79 Å². The average molecular weight is 157 g/mol. The minimum atomic E-state index is -0.288. The van der Waals surface area contributed by atoms with Crippen molar-refractivity contribution in [3.8, 4) is 0 Å². The Hall–Kier alpha value is -0.770. The molecule has 0 heterocycles. The first-order chi connectivity index (χ1) is 5.24. The Labute approximate surface area is 66.5 Å². The Bertz CT molecular complexity index is 145. The average Bonchev–Trinajstić information content (AvgIpc) is 1.83. The monoisotopic (exact) mass is 157 g/mol. The van der Waals surface area contributed by atoms with Crippen LogP contribution in [0.5, 0.6) is 0 Å². The molecule has 0 spiro atoms. The van der Waals surface area contributed by atoms with Crippen LogP contribution in [0.15, 0.2) is 0 Å². The fourth-order valence-corrected chi connectivity index (χ4v) is 1.31. The van der Waals surface area contributed by atoms with E-state index in [0.29, 0.717) is 5.92 Å². The molecule has 0 radical (unpaired) electrons. The maximum absolute atomic E-state index is 10.7. The lowest BCUT2D eigenvalue weighted by atomic mass is 9.80. The fraction of sp³-hybridized carbons (Fsp3) is 0.857. The van der Waals surface area contributed by atoms with Crippen LogP contribution in [-0.2, 0) is 0 Å². The van der Waals surface area contributed by atoms with E-state index in [2.05, 4.69) is 5.32 Å². The summed E-state index contributed by atoms with van der Waals surface area (Å²) in [7, 11) is 0. The Morgan fingerprint density at radius 3 is 2.64 bits per heavy atom. The summed E-state index contributed by atoms with van der Waals surface area (Å²) in [5.74, 6) is 5.58. The third kappa shape index (κ3) is 2.08. The van der Waals surface area contributed by atoms with Crippen LogP contribution in [-0.4, -0.2) is 12.1 Å². The van der Waals surface area contributed by atoms with Crippen molar-refractivity contribution in [2.45, 2.75) is 32.2 Å². The van der Waals surface area contributed by atoms with E-state index in [4.69, 9.17) is 5.84 Å². The van der Waals surface area contributed by atoms with Gasteiger partial charge in [0.25, 0.3) is 0 Å². The molecule has 1 aliphatic rings. The van der Waals surface area contributed by atoms with Gasteiger partial charge in [0.2, 0.25) is 0 Å². The number of rotatable bonds is 2. The molecule has 1 fully saturated rings. The van der Waals surface area contributed by atoms with E-state index in [1.807, 2.05) is 12.3 Å². The number of hydrogen-bond acceptors (Lipinski definition) is 2. The van der Waals surface area contributed by atoms with Crippen LogP contribution in [0.25, 0.3) is 0 Å². The number of hydrogen-bond donors (Lipinski definition) is 3. The van der Waals surface area contributed by atoms with Crippen LogP contribution in [0.1, 0.15) is 26.2 Å². The third-order valence-electron chi connectivity index (χ3n) is 2.35. The van der Waals surface area contributed by atoms with Gasteiger partial charge >= 0.3 is 6.03 Å². The molecule has 0 aromatic carbocycles. The zero-order valence-corrected chi connectivity index (χ0v) is 6.76. The lowest BCUT2D eigenvalue weighted by Crippen LogP contribution is -2.47. The second-order valence-electron chi connectivity index (χ2n) is 3.10. The Kier molecular flexibility index (Phi) is 2.70. The van der Waals surface area contributed by atoms with Crippen molar-refractivity contribution in [3.63, 3.8) is 0 Å². The minimum Gasteiger partial charge on any atom is -0.334 e. The number of carbonyl (C=O) groups excluding carboxylic acids is 1. The van der Waals surface area contributed by atoms with Gasteiger partial charge < -0.3 is 5.32 Å². The van der Waals surface area contributed by atoms with Gasteiger partial charge in [-0.3, -0.25) is 5.43 Å². The van der Waals surface area contributed by atoms with Gasteiger partial charge in [-0.1, -0.05) is 6.42 Å². The van der Waals surface area contributed by atoms with E-state index in [0.717, 1.165) is 0 Å². The molecule has 1 atom stereocenters. The molecule has 0 bridgehead atoms. The third-order valence-corrected chi connectivity index (χ3v) is 2.35. The molecule has 1 saturated carbocycles. The van der Waals surface area contributed by atoms with Crippen molar-refractivity contribution in [1.82, 2.24) is 10.7 Å². The van der Waals surface area contributed by atoms with Crippen LogP contribution >= 0.6 is 0 Å². The second-order valence-corrected chi connectivity index (χ2v) is 3.10. The number of nitrogens with two attached hydrogens (primary N) is 1. The van der Waals surface area contributed by atoms with Crippen molar-refractivity contribution in [1.29, 1.82) is 0 Å². The van der Waals surface area contributed by atoms with Crippen molar-refractivity contribution in [2.75, 3.05) is 0 Å². The van der Waals surface area contributed by atoms with Crippen LogP contribution in [0.2, 0.25) is 0 Å². The molecule has 0 aromatic heterocycles. The second kappa shape index (κ2) is 3.57. The molecule has 4 nitrogen and oxygen atoms in total. The summed E-state index contributed by atoms with van der Waals surface area (Å²) >= 11 is 0. The number of amides is 2. The molecule has 1 aliphatic carbocycles. The smallest absolute Gasteiger partial charge is 0.329 e. The summed E-state index contributed by atoms with van der Waals surface area (Å²) in [6.07, 6.45) is 3.75. The summed E-state index contributed by atoms with van der Waals surface area (Å²) in [5.41, 5.74) is 2.05. The molecule has 64 valence electrons. The SMILES string of the molecule is CC(NC(=O)NN)C1CCC1. The molecular formula is C7H15N3O. The van der Waals surface area contributed by atoms with Gasteiger partial charge in [0, 0.05) is 6.04 Å². The predicted molar refractivity (Wildman–Crippen MR) is 42.7 cm³/mol. The van der Waals surface area contributed by atoms with Crippen LogP contribution < -0.4 is 16.6 Å². The summed E-state index contributed by atoms with van der Waals surface area (Å²) in [5, 5.41) is 2.76. The van der Waals surface area contributed by atoms with E-state index in [1.54, 1.807) is 0 Å². The lowest BCUT2D eigenvalue weighted by Gasteiger charge is -2.31. The largest absolute Gasteiger partial charge is 0.334 e. The summed E-state index contributed by atoms with van der Waals surface area (Å²) in [6, 6.07) is -0.0308. The van der Waals surface area contributed by atoms with Crippen LogP contribution in [0.3, 0.4) is 0 Å². The highest BCUT2D eigenvalue weighted by Gasteiger charge is 2.24. The van der Waals surface area contributed by atoms with Crippen molar-refractivity contribution in [2.24, 2.45) is 11.8 Å². The van der Waals surface area contributed by atoms with E-state index in [-0.39, 0.29) is 12.1 Å². The topological polar surface area (TPSA) is 67.2 Å². The maximum Gasteiger partial charge on any atom is 0.329 e. The van der Waals surface area contributed by atoms with Gasteiger partial charge in [-0.15, -0.1) is 0 Å². The molecule has 2 amide bonds. The van der Waals surface area contributed by atoms with Crippen molar-refractivity contribution >= 4 is 6.03 Å². The Morgan fingerprint density at radius 2 is 2.27 bits per heavy atom. The molecule has 1 unspecified atom stereocenters. The highest BCUT2D eigenvalue weighted by atomic mass is 16.2. The highest BCUT2D eigenvalue weighted by Crippen LogP contribution is 2.29. The van der Waals surface area contributed by atoms with Crippen LogP contribution in [0.4, 0.5) is 4.79 Å². The van der Waals surface area contributed by atoms with E-state index in [1.165, 1.54) is 19.3 Å². The Morgan fingerprint density at radius 1 is 1.64 bits per heavy atom. The summed E-state index contributed by atoms with van der Waals surface area (Å²) in [6.45, 7) is 2.01. The van der Waals surface area contributed by atoms with Gasteiger partial charge in [-0.25, -0.2) is 10.6 Å². The lowest BCUT2D eigenvalue weighted by molar-refractivity contribution is 0.213. The molecule has 4 N–H and O–H groups in total. The van der Waals surface area contributed by atoms with Gasteiger partial charge in [-0.05, 0) is 25.7 Å². The first-order valence-corrected chi connectivity index (χ1v) is 4.01. The predicted octanol–water partition coefficient (Wildman–Crippen LogP) is 0.348.